The van der Waals surface area contributed by atoms with Crippen LogP contribution in [0.3, 0.4) is 0 Å². The Bertz CT molecular complexity index is 398. The van der Waals surface area contributed by atoms with E-state index >= 15 is 0 Å². The molecule has 16 heavy (non-hydrogen) atoms. The molecule has 0 aliphatic carbocycles. The minimum Gasteiger partial charge on any atom is -0.429 e. The third kappa shape index (κ3) is 2.79. The predicted molar refractivity (Wildman–Crippen MR) is 51.3 cm³/mol. The fourth-order valence-corrected chi connectivity index (χ4v) is 0.995. The van der Waals surface area contributed by atoms with Crippen LogP contribution in [0.25, 0.3) is 0 Å². The van der Waals surface area contributed by atoms with Crippen molar-refractivity contribution >= 4 is 17.5 Å². The third-order valence-electron chi connectivity index (χ3n) is 1.65. The maximum Gasteiger partial charge on any atom is 0.444 e. The zero-order valence-electron chi connectivity index (χ0n) is 7.79. The van der Waals surface area contributed by atoms with Crippen molar-refractivity contribution < 1.29 is 22.7 Å². The van der Waals surface area contributed by atoms with Crippen LogP contribution in [0.1, 0.15) is 10.4 Å². The minimum absolute atomic E-state index is 0.278. The molecule has 7 heteroatoms. The SMILES string of the molecule is NC(=O)c1ccccc1OC(F)(F)C(F)Cl. The van der Waals surface area contributed by atoms with E-state index in [4.69, 9.17) is 5.73 Å². The first-order chi connectivity index (χ1) is 7.34. The topological polar surface area (TPSA) is 52.3 Å². The Balaban J connectivity index is 3.02. The second kappa shape index (κ2) is 4.61. The van der Waals surface area contributed by atoms with Crippen LogP contribution in [0.2, 0.25) is 0 Å². The molecule has 0 heterocycles. The van der Waals surface area contributed by atoms with Crippen molar-refractivity contribution in [2.45, 2.75) is 11.7 Å². The number of benzene rings is 1. The van der Waals surface area contributed by atoms with Gasteiger partial charge in [0.1, 0.15) is 5.75 Å². The molecule has 1 aromatic rings. The standard InChI is InChI=1S/C9H7ClF3NO2/c10-8(11)9(12,13)16-6-4-2-1-3-5(6)7(14)15/h1-4,8H,(H2,14,15). The predicted octanol–water partition coefficient (Wildman–Crippen LogP) is 2.29. The lowest BCUT2D eigenvalue weighted by Gasteiger charge is -2.18. The van der Waals surface area contributed by atoms with Crippen molar-refractivity contribution in [1.29, 1.82) is 0 Å². The van der Waals surface area contributed by atoms with Crippen molar-refractivity contribution in [3.05, 3.63) is 29.8 Å². The summed E-state index contributed by atoms with van der Waals surface area (Å²) in [7, 11) is 0. The number of primary amides is 1. The number of amides is 1. The average molecular weight is 254 g/mol. The smallest absolute Gasteiger partial charge is 0.429 e. The number of para-hydroxylation sites is 1. The first-order valence-corrected chi connectivity index (χ1v) is 4.52. The van der Waals surface area contributed by atoms with Crippen LogP contribution in [0.15, 0.2) is 24.3 Å². The zero-order valence-corrected chi connectivity index (χ0v) is 8.55. The number of halogens is 4. The van der Waals surface area contributed by atoms with E-state index < -0.39 is 23.4 Å². The molecule has 1 rings (SSSR count). The van der Waals surface area contributed by atoms with Gasteiger partial charge in [-0.25, -0.2) is 4.39 Å². The van der Waals surface area contributed by atoms with Gasteiger partial charge in [0.2, 0.25) is 0 Å². The lowest BCUT2D eigenvalue weighted by molar-refractivity contribution is -0.199. The van der Waals surface area contributed by atoms with E-state index in [0.717, 1.165) is 6.07 Å². The van der Waals surface area contributed by atoms with E-state index in [-0.39, 0.29) is 5.56 Å². The van der Waals surface area contributed by atoms with Gasteiger partial charge < -0.3 is 10.5 Å². The number of nitrogens with two attached hydrogens (primary N) is 1. The first-order valence-electron chi connectivity index (χ1n) is 4.08. The Morgan fingerprint density at radius 3 is 2.50 bits per heavy atom. The summed E-state index contributed by atoms with van der Waals surface area (Å²) in [5, 5.41) is 0. The molecule has 1 aromatic carbocycles. The highest BCUT2D eigenvalue weighted by molar-refractivity contribution is 6.20. The number of carbonyl (C=O) groups is 1. The van der Waals surface area contributed by atoms with Gasteiger partial charge in [-0.3, -0.25) is 4.79 Å². The van der Waals surface area contributed by atoms with E-state index in [1.165, 1.54) is 18.2 Å². The zero-order chi connectivity index (χ0) is 12.3. The summed E-state index contributed by atoms with van der Waals surface area (Å²) in [5.74, 6) is -1.49. The van der Waals surface area contributed by atoms with E-state index in [0.29, 0.717) is 0 Å². The van der Waals surface area contributed by atoms with Crippen molar-refractivity contribution in [2.75, 3.05) is 0 Å². The summed E-state index contributed by atoms with van der Waals surface area (Å²) in [6.07, 6.45) is -4.23. The highest BCUT2D eigenvalue weighted by Gasteiger charge is 2.42. The molecule has 0 aliphatic rings. The number of hydrogen-bond acceptors (Lipinski definition) is 2. The van der Waals surface area contributed by atoms with Gasteiger partial charge in [0.25, 0.3) is 11.5 Å². The van der Waals surface area contributed by atoms with E-state index in [1.54, 1.807) is 0 Å². The largest absolute Gasteiger partial charge is 0.444 e. The van der Waals surface area contributed by atoms with Crippen LogP contribution in [-0.4, -0.2) is 17.6 Å². The van der Waals surface area contributed by atoms with E-state index in [9.17, 15) is 18.0 Å². The number of hydrogen-bond donors (Lipinski definition) is 1. The van der Waals surface area contributed by atoms with Crippen LogP contribution in [-0.2, 0) is 0 Å². The highest BCUT2D eigenvalue weighted by Crippen LogP contribution is 2.30. The normalized spacial score (nSPS) is 13.2. The van der Waals surface area contributed by atoms with Gasteiger partial charge in [-0.15, -0.1) is 0 Å². The Kier molecular flexibility index (Phi) is 3.64. The van der Waals surface area contributed by atoms with Gasteiger partial charge in [-0.05, 0) is 12.1 Å². The van der Waals surface area contributed by atoms with Gasteiger partial charge in [0.05, 0.1) is 5.56 Å². The monoisotopic (exact) mass is 253 g/mol. The number of alkyl halides is 4. The third-order valence-corrected chi connectivity index (χ3v) is 1.91. The summed E-state index contributed by atoms with van der Waals surface area (Å²) < 4.78 is 41.9. The summed E-state index contributed by atoms with van der Waals surface area (Å²) in [4.78, 5) is 10.8. The van der Waals surface area contributed by atoms with Gasteiger partial charge in [0, 0.05) is 0 Å². The highest BCUT2D eigenvalue weighted by atomic mass is 35.5. The van der Waals surface area contributed by atoms with Crippen LogP contribution >= 0.6 is 11.6 Å². The Morgan fingerprint density at radius 1 is 1.44 bits per heavy atom. The Morgan fingerprint density at radius 2 is 2.00 bits per heavy atom. The number of carbonyl (C=O) groups excluding carboxylic acids is 1. The summed E-state index contributed by atoms with van der Waals surface area (Å²) in [6.45, 7) is 0. The molecule has 2 N–H and O–H groups in total. The Hall–Kier alpha value is -1.43. The van der Waals surface area contributed by atoms with E-state index in [2.05, 4.69) is 16.3 Å². The van der Waals surface area contributed by atoms with Gasteiger partial charge >= 0.3 is 6.11 Å². The van der Waals surface area contributed by atoms with Crippen LogP contribution in [0.4, 0.5) is 13.2 Å². The molecular weight excluding hydrogens is 247 g/mol. The molecule has 1 amide bonds. The second-order valence-corrected chi connectivity index (χ2v) is 3.21. The molecule has 0 radical (unpaired) electrons. The number of ether oxygens (including phenoxy) is 1. The van der Waals surface area contributed by atoms with Crippen molar-refractivity contribution in [2.24, 2.45) is 5.73 Å². The maximum absolute atomic E-state index is 12.8. The fourth-order valence-electron chi connectivity index (χ4n) is 0.950. The molecule has 0 fully saturated rings. The van der Waals surface area contributed by atoms with E-state index in [1.807, 2.05) is 0 Å². The Labute approximate surface area is 93.9 Å². The van der Waals surface area contributed by atoms with Gasteiger partial charge in [-0.1, -0.05) is 23.7 Å². The quantitative estimate of drug-likeness (QED) is 0.837. The summed E-state index contributed by atoms with van der Waals surface area (Å²) in [5.41, 5.74) is 1.62. The molecule has 0 aliphatic heterocycles. The molecular formula is C9H7ClF3NO2. The average Bonchev–Trinajstić information content (AvgIpc) is 2.17. The molecule has 0 spiro atoms. The van der Waals surface area contributed by atoms with Crippen molar-refractivity contribution in [3.63, 3.8) is 0 Å². The first kappa shape index (κ1) is 12.6. The second-order valence-electron chi connectivity index (χ2n) is 2.82. The molecule has 0 aromatic heterocycles. The minimum atomic E-state index is -4.23. The van der Waals surface area contributed by atoms with Gasteiger partial charge in [-0.2, -0.15) is 8.78 Å². The molecule has 0 saturated carbocycles. The molecule has 3 nitrogen and oxygen atoms in total. The van der Waals surface area contributed by atoms with Crippen LogP contribution in [0.5, 0.6) is 5.75 Å². The number of rotatable bonds is 4. The van der Waals surface area contributed by atoms with Crippen molar-refractivity contribution in [1.82, 2.24) is 0 Å². The molecule has 0 saturated heterocycles. The van der Waals surface area contributed by atoms with Crippen LogP contribution < -0.4 is 10.5 Å². The summed E-state index contributed by atoms with van der Waals surface area (Å²) in [6, 6.07) is 4.97. The molecule has 88 valence electrons. The van der Waals surface area contributed by atoms with Crippen molar-refractivity contribution in [3.8, 4) is 5.75 Å². The van der Waals surface area contributed by atoms with Gasteiger partial charge in [0.15, 0.2) is 0 Å². The molecule has 1 atom stereocenters. The fraction of sp³-hybridized carbons (Fsp3) is 0.222. The van der Waals surface area contributed by atoms with Crippen LogP contribution in [0, 0.1) is 0 Å². The molecule has 1 unspecified atom stereocenters. The molecule has 0 bridgehead atoms. The maximum atomic E-state index is 12.8. The lowest BCUT2D eigenvalue weighted by atomic mass is 10.2. The summed E-state index contributed by atoms with van der Waals surface area (Å²) >= 11 is 4.59. The lowest BCUT2D eigenvalue weighted by Crippen LogP contribution is -2.33.